The Hall–Kier alpha value is -0.810. The molecule has 1 atom stereocenters. The zero-order valence-corrected chi connectivity index (χ0v) is 11.7. The average Bonchev–Trinajstić information content (AvgIpc) is 2.55. The molecule has 0 fully saturated rings. The molecule has 1 aromatic rings. The van der Waals surface area contributed by atoms with Crippen molar-refractivity contribution in [3.8, 4) is 0 Å². The summed E-state index contributed by atoms with van der Waals surface area (Å²) in [7, 11) is 0. The van der Waals surface area contributed by atoms with Crippen molar-refractivity contribution in [1.29, 1.82) is 0 Å². The first-order valence-electron chi connectivity index (χ1n) is 5.08. The van der Waals surface area contributed by atoms with Crippen LogP contribution in [0.4, 0.5) is 5.82 Å². The van der Waals surface area contributed by atoms with E-state index in [2.05, 4.69) is 15.6 Å². The number of halogens is 3. The SMILES string of the molecule is Cl.Cl.O=C1Nc2ncc(Cl)cc2[C@@]12C=CCNC2. The summed E-state index contributed by atoms with van der Waals surface area (Å²) >= 11 is 5.93. The van der Waals surface area contributed by atoms with Gasteiger partial charge in [-0.1, -0.05) is 23.8 Å². The lowest BCUT2D eigenvalue weighted by atomic mass is 9.80. The van der Waals surface area contributed by atoms with Gasteiger partial charge < -0.3 is 10.6 Å². The third kappa shape index (κ3) is 2.10. The van der Waals surface area contributed by atoms with Crippen molar-refractivity contribution < 1.29 is 4.79 Å². The molecule has 1 aromatic heterocycles. The van der Waals surface area contributed by atoms with Gasteiger partial charge in [0.1, 0.15) is 11.2 Å². The standard InChI is InChI=1S/C11H10ClN3O.2ClH/c12-7-4-8-9(14-5-7)15-10(16)11(8)2-1-3-13-6-11;;/h1-2,4-5,13H,3,6H2,(H,14,15,16);2*1H/t11-;;/m0../s1. The number of amides is 1. The van der Waals surface area contributed by atoms with Crippen LogP contribution >= 0.6 is 36.4 Å². The van der Waals surface area contributed by atoms with Gasteiger partial charge in [0, 0.05) is 24.8 Å². The number of fused-ring (bicyclic) bond motifs is 2. The quantitative estimate of drug-likeness (QED) is 0.720. The molecule has 1 amide bonds. The lowest BCUT2D eigenvalue weighted by Gasteiger charge is -2.26. The smallest absolute Gasteiger partial charge is 0.241 e. The summed E-state index contributed by atoms with van der Waals surface area (Å²) < 4.78 is 0. The van der Waals surface area contributed by atoms with Gasteiger partial charge in [-0.15, -0.1) is 24.8 Å². The van der Waals surface area contributed by atoms with E-state index in [4.69, 9.17) is 11.6 Å². The van der Waals surface area contributed by atoms with E-state index < -0.39 is 5.41 Å². The molecule has 3 heterocycles. The molecule has 0 saturated carbocycles. The molecule has 2 aliphatic rings. The summed E-state index contributed by atoms with van der Waals surface area (Å²) in [6, 6.07) is 1.80. The first kappa shape index (κ1) is 15.2. The molecule has 0 bridgehead atoms. The Morgan fingerprint density at radius 1 is 1.39 bits per heavy atom. The van der Waals surface area contributed by atoms with Gasteiger partial charge in [0.05, 0.1) is 5.02 Å². The van der Waals surface area contributed by atoms with Crippen molar-refractivity contribution in [2.75, 3.05) is 18.4 Å². The van der Waals surface area contributed by atoms with E-state index in [9.17, 15) is 4.79 Å². The number of aromatic nitrogens is 1. The van der Waals surface area contributed by atoms with Crippen LogP contribution < -0.4 is 10.6 Å². The topological polar surface area (TPSA) is 54.0 Å². The van der Waals surface area contributed by atoms with E-state index in [-0.39, 0.29) is 30.7 Å². The molecule has 1 spiro atoms. The van der Waals surface area contributed by atoms with Gasteiger partial charge in [-0.3, -0.25) is 4.79 Å². The van der Waals surface area contributed by atoms with E-state index in [1.54, 1.807) is 12.3 Å². The number of carbonyl (C=O) groups is 1. The van der Waals surface area contributed by atoms with Crippen molar-refractivity contribution in [2.45, 2.75) is 5.41 Å². The van der Waals surface area contributed by atoms with Crippen LogP contribution in [0.2, 0.25) is 5.02 Å². The molecule has 0 saturated heterocycles. The van der Waals surface area contributed by atoms with E-state index in [0.717, 1.165) is 12.1 Å². The third-order valence-corrected chi connectivity index (χ3v) is 3.25. The van der Waals surface area contributed by atoms with Crippen molar-refractivity contribution in [2.24, 2.45) is 0 Å². The first-order valence-corrected chi connectivity index (χ1v) is 5.46. The number of hydrogen-bond acceptors (Lipinski definition) is 3. The maximum absolute atomic E-state index is 12.0. The second-order valence-electron chi connectivity index (χ2n) is 4.01. The molecular formula is C11H12Cl3N3O. The normalized spacial score (nSPS) is 23.9. The molecule has 4 nitrogen and oxygen atoms in total. The van der Waals surface area contributed by atoms with Gasteiger partial charge in [-0.2, -0.15) is 0 Å². The molecule has 2 N–H and O–H groups in total. The van der Waals surface area contributed by atoms with Crippen LogP contribution in [0.5, 0.6) is 0 Å². The second kappa shape index (κ2) is 5.45. The van der Waals surface area contributed by atoms with Crippen LogP contribution in [-0.4, -0.2) is 24.0 Å². The van der Waals surface area contributed by atoms with Gasteiger partial charge >= 0.3 is 0 Å². The van der Waals surface area contributed by atoms with Crippen LogP contribution in [-0.2, 0) is 10.2 Å². The summed E-state index contributed by atoms with van der Waals surface area (Å²) in [6.07, 6.45) is 5.43. The molecule has 7 heteroatoms. The van der Waals surface area contributed by atoms with Crippen LogP contribution in [0.3, 0.4) is 0 Å². The fourth-order valence-corrected chi connectivity index (χ4v) is 2.39. The largest absolute Gasteiger partial charge is 0.312 e. The number of rotatable bonds is 0. The van der Waals surface area contributed by atoms with Crippen LogP contribution in [0.25, 0.3) is 0 Å². The highest BCUT2D eigenvalue weighted by molar-refractivity contribution is 6.30. The molecule has 18 heavy (non-hydrogen) atoms. The average molecular weight is 309 g/mol. The minimum atomic E-state index is -0.633. The highest BCUT2D eigenvalue weighted by atomic mass is 35.5. The maximum atomic E-state index is 12.0. The Labute approximate surface area is 122 Å². The summed E-state index contributed by atoms with van der Waals surface area (Å²) in [5, 5.41) is 6.52. The Morgan fingerprint density at radius 3 is 2.83 bits per heavy atom. The zero-order valence-electron chi connectivity index (χ0n) is 9.27. The van der Waals surface area contributed by atoms with Crippen molar-refractivity contribution in [3.05, 3.63) is 35.0 Å². The van der Waals surface area contributed by atoms with Gasteiger partial charge in [0.15, 0.2) is 0 Å². The number of carbonyl (C=O) groups excluding carboxylic acids is 1. The number of nitrogens with zero attached hydrogens (tertiary/aromatic N) is 1. The summed E-state index contributed by atoms with van der Waals surface area (Å²) in [5.41, 5.74) is 0.222. The van der Waals surface area contributed by atoms with Crippen LogP contribution in [0, 0.1) is 0 Å². The van der Waals surface area contributed by atoms with Gasteiger partial charge in [-0.25, -0.2) is 4.98 Å². The van der Waals surface area contributed by atoms with E-state index in [1.165, 1.54) is 0 Å². The summed E-state index contributed by atoms with van der Waals surface area (Å²) in [6.45, 7) is 1.38. The maximum Gasteiger partial charge on any atom is 0.241 e. The Bertz CT molecular complexity index is 506. The minimum Gasteiger partial charge on any atom is -0.312 e. The lowest BCUT2D eigenvalue weighted by Crippen LogP contribution is -2.45. The molecule has 0 aliphatic carbocycles. The van der Waals surface area contributed by atoms with Crippen LogP contribution in [0.15, 0.2) is 24.4 Å². The fraction of sp³-hybridized carbons (Fsp3) is 0.273. The fourth-order valence-electron chi connectivity index (χ4n) is 2.23. The highest BCUT2D eigenvalue weighted by Crippen LogP contribution is 2.39. The highest BCUT2D eigenvalue weighted by Gasteiger charge is 2.46. The van der Waals surface area contributed by atoms with Crippen molar-refractivity contribution >= 4 is 48.1 Å². The molecule has 3 rings (SSSR count). The molecule has 0 aromatic carbocycles. The van der Waals surface area contributed by atoms with Gasteiger partial charge in [-0.05, 0) is 6.07 Å². The Kier molecular flexibility index (Phi) is 4.61. The second-order valence-corrected chi connectivity index (χ2v) is 4.44. The van der Waals surface area contributed by atoms with E-state index in [0.29, 0.717) is 17.4 Å². The minimum absolute atomic E-state index is 0. The van der Waals surface area contributed by atoms with E-state index in [1.807, 2.05) is 12.2 Å². The number of hydrogen-bond donors (Lipinski definition) is 2. The predicted octanol–water partition coefficient (Wildman–Crippen LogP) is 1.93. The van der Waals surface area contributed by atoms with Crippen molar-refractivity contribution in [1.82, 2.24) is 10.3 Å². The molecule has 2 aliphatic heterocycles. The predicted molar refractivity (Wildman–Crippen MR) is 76.1 cm³/mol. The Balaban J connectivity index is 0.000000810. The molecule has 0 unspecified atom stereocenters. The number of anilines is 1. The third-order valence-electron chi connectivity index (χ3n) is 3.04. The summed E-state index contributed by atoms with van der Waals surface area (Å²) in [5.74, 6) is 0.573. The summed E-state index contributed by atoms with van der Waals surface area (Å²) in [4.78, 5) is 16.2. The van der Waals surface area contributed by atoms with E-state index >= 15 is 0 Å². The monoisotopic (exact) mass is 307 g/mol. The molecular weight excluding hydrogens is 297 g/mol. The Morgan fingerprint density at radius 2 is 2.17 bits per heavy atom. The molecule has 0 radical (unpaired) electrons. The van der Waals surface area contributed by atoms with Gasteiger partial charge in [0.2, 0.25) is 5.91 Å². The van der Waals surface area contributed by atoms with Gasteiger partial charge in [0.25, 0.3) is 0 Å². The lowest BCUT2D eigenvalue weighted by molar-refractivity contribution is -0.119. The number of nitrogens with one attached hydrogen (secondary N) is 2. The van der Waals surface area contributed by atoms with Crippen LogP contribution in [0.1, 0.15) is 5.56 Å². The van der Waals surface area contributed by atoms with Crippen molar-refractivity contribution in [3.63, 3.8) is 0 Å². The zero-order chi connectivity index (χ0) is 11.2. The first-order chi connectivity index (χ1) is 7.72. The molecule has 98 valence electrons. The number of pyridine rings is 1.